The molecular formula is C14H19N3O3S. The molecule has 1 saturated carbocycles. The van der Waals surface area contributed by atoms with Gasteiger partial charge in [-0.2, -0.15) is 4.98 Å². The van der Waals surface area contributed by atoms with E-state index < -0.39 is 0 Å². The highest BCUT2D eigenvalue weighted by Crippen LogP contribution is 2.36. The van der Waals surface area contributed by atoms with Crippen LogP contribution in [0.25, 0.3) is 0 Å². The monoisotopic (exact) mass is 309 g/mol. The highest BCUT2D eigenvalue weighted by atomic mass is 32.2. The van der Waals surface area contributed by atoms with Crippen LogP contribution in [-0.2, 0) is 9.53 Å². The topological polar surface area (TPSA) is 73.2 Å². The van der Waals surface area contributed by atoms with Gasteiger partial charge in [0.2, 0.25) is 5.91 Å². The maximum atomic E-state index is 11.9. The Bertz CT molecular complexity index is 565. The molecule has 1 amide bonds. The van der Waals surface area contributed by atoms with E-state index in [-0.39, 0.29) is 23.3 Å². The second-order valence-electron chi connectivity index (χ2n) is 5.41. The fraction of sp³-hybridized carbons (Fsp3) is 0.643. The third-order valence-electron chi connectivity index (χ3n) is 3.63. The van der Waals surface area contributed by atoms with E-state index in [0.717, 1.165) is 32.3 Å². The first-order valence-corrected chi connectivity index (χ1v) is 8.31. The van der Waals surface area contributed by atoms with E-state index in [4.69, 9.17) is 4.74 Å². The molecule has 7 heteroatoms. The van der Waals surface area contributed by atoms with E-state index >= 15 is 0 Å². The van der Waals surface area contributed by atoms with Crippen molar-refractivity contribution in [2.75, 3.05) is 18.9 Å². The van der Waals surface area contributed by atoms with Gasteiger partial charge in [0.05, 0.1) is 11.9 Å². The average molecular weight is 309 g/mol. The molecule has 0 bridgehead atoms. The highest BCUT2D eigenvalue weighted by Gasteiger charge is 2.25. The molecule has 1 aliphatic heterocycles. The molecule has 114 valence electrons. The smallest absolute Gasteiger partial charge is 0.273 e. The van der Waals surface area contributed by atoms with E-state index in [9.17, 15) is 9.59 Å². The summed E-state index contributed by atoms with van der Waals surface area (Å²) in [6.07, 6.45) is 6.23. The van der Waals surface area contributed by atoms with Crippen LogP contribution < -0.4 is 10.9 Å². The third kappa shape index (κ3) is 4.07. The van der Waals surface area contributed by atoms with Crippen molar-refractivity contribution in [3.8, 4) is 0 Å². The second kappa shape index (κ2) is 6.62. The van der Waals surface area contributed by atoms with Gasteiger partial charge in [0.15, 0.2) is 5.16 Å². The van der Waals surface area contributed by atoms with Gasteiger partial charge in [-0.05, 0) is 25.7 Å². The zero-order chi connectivity index (χ0) is 14.7. The predicted octanol–water partition coefficient (Wildman–Crippen LogP) is 0.965. The predicted molar refractivity (Wildman–Crippen MR) is 79.5 cm³/mol. The Morgan fingerprint density at radius 3 is 3.05 bits per heavy atom. The van der Waals surface area contributed by atoms with Gasteiger partial charge >= 0.3 is 0 Å². The number of rotatable bonds is 6. The first-order chi connectivity index (χ1) is 10.2. The van der Waals surface area contributed by atoms with E-state index in [1.165, 1.54) is 17.8 Å². The number of aromatic nitrogens is 2. The van der Waals surface area contributed by atoms with Crippen LogP contribution >= 0.6 is 11.8 Å². The molecule has 6 nitrogen and oxygen atoms in total. The summed E-state index contributed by atoms with van der Waals surface area (Å²) in [5.74, 6) is 0.228. The number of nitrogens with zero attached hydrogens (tertiary/aromatic N) is 2. The van der Waals surface area contributed by atoms with Crippen LogP contribution in [0.5, 0.6) is 0 Å². The van der Waals surface area contributed by atoms with Crippen LogP contribution in [0.3, 0.4) is 0 Å². The Balaban J connectivity index is 1.50. The fourth-order valence-corrected chi connectivity index (χ4v) is 3.22. The van der Waals surface area contributed by atoms with E-state index in [1.54, 1.807) is 6.20 Å². The van der Waals surface area contributed by atoms with Crippen LogP contribution in [0.4, 0.5) is 0 Å². The molecule has 2 aliphatic rings. The zero-order valence-electron chi connectivity index (χ0n) is 11.8. The lowest BCUT2D eigenvalue weighted by Crippen LogP contribution is -2.33. The maximum absolute atomic E-state index is 11.9. The van der Waals surface area contributed by atoms with Gasteiger partial charge in [0.25, 0.3) is 5.56 Å². The molecule has 0 unspecified atom stereocenters. The largest absolute Gasteiger partial charge is 0.376 e. The van der Waals surface area contributed by atoms with Gasteiger partial charge < -0.3 is 14.6 Å². The Kier molecular flexibility index (Phi) is 4.60. The standard InChI is InChI=1S/C14H19N3O3S/c18-12-5-6-17(10-3-4-10)14(16-12)21-9-13(19)15-8-11-2-1-7-20-11/h5-6,10-11H,1-4,7-9H2,(H,15,19)/t11-/m1/s1. The number of nitrogens with one attached hydrogen (secondary N) is 1. The third-order valence-corrected chi connectivity index (χ3v) is 4.59. The summed E-state index contributed by atoms with van der Waals surface area (Å²) in [5, 5.41) is 3.51. The van der Waals surface area contributed by atoms with Crippen LogP contribution in [0, 0.1) is 0 Å². The Hall–Kier alpha value is -1.34. The van der Waals surface area contributed by atoms with E-state index in [0.29, 0.717) is 17.7 Å². The van der Waals surface area contributed by atoms with Crippen molar-refractivity contribution in [1.82, 2.24) is 14.9 Å². The molecule has 1 N–H and O–H groups in total. The maximum Gasteiger partial charge on any atom is 0.273 e. The van der Waals surface area contributed by atoms with Crippen molar-refractivity contribution < 1.29 is 9.53 Å². The summed E-state index contributed by atoms with van der Waals surface area (Å²) in [7, 11) is 0. The van der Waals surface area contributed by atoms with E-state index in [1.807, 2.05) is 4.57 Å². The zero-order valence-corrected chi connectivity index (χ0v) is 12.6. The van der Waals surface area contributed by atoms with Crippen molar-refractivity contribution in [1.29, 1.82) is 0 Å². The number of amides is 1. The van der Waals surface area contributed by atoms with Gasteiger partial charge in [0.1, 0.15) is 0 Å². The van der Waals surface area contributed by atoms with Crippen molar-refractivity contribution >= 4 is 17.7 Å². The number of carbonyl (C=O) groups excluding carboxylic acids is 1. The molecule has 2 fully saturated rings. The molecule has 2 heterocycles. The quantitative estimate of drug-likeness (QED) is 0.626. The Morgan fingerprint density at radius 2 is 2.33 bits per heavy atom. The summed E-state index contributed by atoms with van der Waals surface area (Å²) in [6, 6.07) is 1.91. The molecule has 0 radical (unpaired) electrons. The minimum absolute atomic E-state index is 0.0454. The molecule has 1 aromatic heterocycles. The van der Waals surface area contributed by atoms with Gasteiger partial charge in [-0.15, -0.1) is 0 Å². The number of carbonyl (C=O) groups is 1. The second-order valence-corrected chi connectivity index (χ2v) is 6.36. The average Bonchev–Trinajstić information content (AvgIpc) is 3.18. The first kappa shape index (κ1) is 14.6. The summed E-state index contributed by atoms with van der Waals surface area (Å²) in [4.78, 5) is 27.2. The molecular weight excluding hydrogens is 290 g/mol. The molecule has 1 saturated heterocycles. The minimum Gasteiger partial charge on any atom is -0.376 e. The first-order valence-electron chi connectivity index (χ1n) is 7.32. The number of hydrogen-bond donors (Lipinski definition) is 1. The molecule has 0 aromatic carbocycles. The lowest BCUT2D eigenvalue weighted by Gasteiger charge is -2.12. The Morgan fingerprint density at radius 1 is 1.48 bits per heavy atom. The fourth-order valence-electron chi connectivity index (χ4n) is 2.35. The van der Waals surface area contributed by atoms with Gasteiger partial charge in [-0.3, -0.25) is 9.59 Å². The highest BCUT2D eigenvalue weighted by molar-refractivity contribution is 7.99. The summed E-state index contributed by atoms with van der Waals surface area (Å²) in [6.45, 7) is 1.36. The minimum atomic E-state index is -0.255. The van der Waals surface area contributed by atoms with E-state index in [2.05, 4.69) is 10.3 Å². The normalized spacial score (nSPS) is 21.4. The molecule has 1 atom stereocenters. The number of ether oxygens (including phenoxy) is 1. The SMILES string of the molecule is O=C(CSc1nc(=O)ccn1C1CC1)NC[C@H]1CCCO1. The van der Waals surface area contributed by atoms with Crippen LogP contribution in [0.15, 0.2) is 22.2 Å². The molecule has 1 aliphatic carbocycles. The number of thioether (sulfide) groups is 1. The lowest BCUT2D eigenvalue weighted by atomic mass is 10.2. The summed E-state index contributed by atoms with van der Waals surface area (Å²) in [5.41, 5.74) is -0.255. The summed E-state index contributed by atoms with van der Waals surface area (Å²) >= 11 is 1.32. The molecule has 21 heavy (non-hydrogen) atoms. The van der Waals surface area contributed by atoms with Gasteiger partial charge in [0, 0.05) is 31.5 Å². The van der Waals surface area contributed by atoms with Crippen LogP contribution in [0.2, 0.25) is 0 Å². The van der Waals surface area contributed by atoms with Gasteiger partial charge in [-0.25, -0.2) is 0 Å². The lowest BCUT2D eigenvalue weighted by molar-refractivity contribution is -0.119. The summed E-state index contributed by atoms with van der Waals surface area (Å²) < 4.78 is 7.46. The molecule has 0 spiro atoms. The Labute approximate surface area is 127 Å². The van der Waals surface area contributed by atoms with Crippen LogP contribution in [0.1, 0.15) is 31.7 Å². The van der Waals surface area contributed by atoms with Crippen molar-refractivity contribution in [3.05, 3.63) is 22.6 Å². The van der Waals surface area contributed by atoms with Crippen LogP contribution in [-0.4, -0.2) is 40.5 Å². The molecule has 1 aromatic rings. The molecule has 3 rings (SSSR count). The van der Waals surface area contributed by atoms with Crippen molar-refractivity contribution in [2.24, 2.45) is 0 Å². The number of hydrogen-bond acceptors (Lipinski definition) is 5. The van der Waals surface area contributed by atoms with Crippen molar-refractivity contribution in [3.63, 3.8) is 0 Å². The van der Waals surface area contributed by atoms with Crippen molar-refractivity contribution in [2.45, 2.75) is 43.0 Å². The van der Waals surface area contributed by atoms with Gasteiger partial charge in [-0.1, -0.05) is 11.8 Å².